The minimum absolute atomic E-state index is 0.145. The summed E-state index contributed by atoms with van der Waals surface area (Å²) in [6.07, 6.45) is 6.46. The molecule has 1 heterocycles. The molecule has 2 aromatic carbocycles. The first-order valence-corrected chi connectivity index (χ1v) is 12.0. The molecule has 0 aliphatic heterocycles. The van der Waals surface area contributed by atoms with E-state index in [-0.39, 0.29) is 18.2 Å². The summed E-state index contributed by atoms with van der Waals surface area (Å²) in [6, 6.07) is 9.42. The first-order valence-electron chi connectivity index (χ1n) is 12.0. The number of hydrogen-bond donors (Lipinski definition) is 3. The highest BCUT2D eigenvalue weighted by atomic mass is 19.1. The van der Waals surface area contributed by atoms with Gasteiger partial charge < -0.3 is 16.1 Å². The number of benzene rings is 2. The molecular weight excluding hydrogens is 477 g/mol. The number of alkyl halides is 1. The average Bonchev–Trinajstić information content (AvgIpc) is 2.86. The summed E-state index contributed by atoms with van der Waals surface area (Å²) in [5.41, 5.74) is 7.47. The molecule has 0 aliphatic rings. The summed E-state index contributed by atoms with van der Waals surface area (Å²) < 4.78 is 44.1. The van der Waals surface area contributed by atoms with Crippen molar-refractivity contribution in [1.29, 1.82) is 0 Å². The molecule has 1 unspecified atom stereocenters. The van der Waals surface area contributed by atoms with Crippen molar-refractivity contribution in [3.8, 4) is 11.1 Å². The number of anilines is 1. The van der Waals surface area contributed by atoms with Crippen LogP contribution >= 0.6 is 0 Å². The monoisotopic (exact) mass is 510 g/mol. The summed E-state index contributed by atoms with van der Waals surface area (Å²) in [4.78, 5) is 8.34. The topological polar surface area (TPSA) is 93.1 Å². The third-order valence-corrected chi connectivity index (χ3v) is 6.08. The molecule has 0 saturated carbocycles. The maximum atomic E-state index is 15.2. The largest absolute Gasteiger partial charge is 0.352 e. The van der Waals surface area contributed by atoms with Gasteiger partial charge in [0.25, 0.3) is 0 Å². The summed E-state index contributed by atoms with van der Waals surface area (Å²) in [6.45, 7) is 7.56. The van der Waals surface area contributed by atoms with Crippen LogP contribution in [0.1, 0.15) is 43.2 Å². The highest BCUT2D eigenvalue weighted by Gasteiger charge is 2.28. The van der Waals surface area contributed by atoms with Crippen molar-refractivity contribution in [2.45, 2.75) is 33.4 Å². The molecule has 196 valence electrons. The van der Waals surface area contributed by atoms with Gasteiger partial charge in [0.05, 0.1) is 12.7 Å². The second-order valence-electron chi connectivity index (χ2n) is 8.98. The van der Waals surface area contributed by atoms with Crippen LogP contribution in [0.4, 0.5) is 19.1 Å². The predicted octanol–water partition coefficient (Wildman–Crippen LogP) is 5.56. The SMILES string of the molecule is C/C=C\N(N)CCNc1ncc(F)c(/C(C)=C/c2cccc(-c3cc(F)ccc3C(C)(F)CN)c2C)n1. The van der Waals surface area contributed by atoms with Gasteiger partial charge in [0.15, 0.2) is 5.82 Å². The average molecular weight is 511 g/mol. The Kier molecular flexibility index (Phi) is 9.07. The molecule has 0 bridgehead atoms. The van der Waals surface area contributed by atoms with E-state index in [2.05, 4.69) is 15.3 Å². The van der Waals surface area contributed by atoms with Gasteiger partial charge in [-0.3, -0.25) is 0 Å². The van der Waals surface area contributed by atoms with Gasteiger partial charge in [-0.15, -0.1) is 0 Å². The number of nitrogens with two attached hydrogens (primary N) is 2. The van der Waals surface area contributed by atoms with Crippen LogP contribution in [-0.4, -0.2) is 34.6 Å². The molecule has 6 nitrogen and oxygen atoms in total. The second-order valence-corrected chi connectivity index (χ2v) is 8.98. The van der Waals surface area contributed by atoms with Crippen LogP contribution < -0.4 is 16.9 Å². The fourth-order valence-corrected chi connectivity index (χ4v) is 4.00. The maximum absolute atomic E-state index is 15.2. The van der Waals surface area contributed by atoms with E-state index in [4.69, 9.17) is 11.6 Å². The van der Waals surface area contributed by atoms with Crippen molar-refractivity contribution in [2.75, 3.05) is 25.0 Å². The van der Waals surface area contributed by atoms with Crippen molar-refractivity contribution >= 4 is 17.6 Å². The van der Waals surface area contributed by atoms with Crippen LogP contribution in [0, 0.1) is 18.6 Å². The van der Waals surface area contributed by atoms with Gasteiger partial charge in [0.1, 0.15) is 17.2 Å². The molecule has 37 heavy (non-hydrogen) atoms. The smallest absolute Gasteiger partial charge is 0.223 e. The van der Waals surface area contributed by atoms with E-state index in [0.29, 0.717) is 35.4 Å². The Labute approximate surface area is 215 Å². The van der Waals surface area contributed by atoms with Crippen LogP contribution in [0.5, 0.6) is 0 Å². The normalized spacial score (nSPS) is 13.6. The van der Waals surface area contributed by atoms with Gasteiger partial charge in [-0.25, -0.2) is 29.0 Å². The minimum atomic E-state index is -1.83. The molecule has 1 aromatic heterocycles. The molecule has 0 fully saturated rings. The first kappa shape index (κ1) is 27.9. The molecule has 5 N–H and O–H groups in total. The third kappa shape index (κ3) is 6.75. The highest BCUT2D eigenvalue weighted by molar-refractivity contribution is 5.83. The number of halogens is 3. The van der Waals surface area contributed by atoms with Crippen LogP contribution in [-0.2, 0) is 5.67 Å². The molecule has 0 saturated heterocycles. The van der Waals surface area contributed by atoms with Crippen LogP contribution in [0.25, 0.3) is 22.8 Å². The number of nitrogens with one attached hydrogen (secondary N) is 1. The molecule has 3 aromatic rings. The maximum Gasteiger partial charge on any atom is 0.223 e. The fraction of sp³-hybridized carbons (Fsp3) is 0.286. The van der Waals surface area contributed by atoms with E-state index < -0.39 is 17.3 Å². The van der Waals surface area contributed by atoms with Crippen molar-refractivity contribution in [1.82, 2.24) is 15.0 Å². The predicted molar refractivity (Wildman–Crippen MR) is 144 cm³/mol. The Bertz CT molecular complexity index is 1300. The molecule has 0 spiro atoms. The van der Waals surface area contributed by atoms with Crippen molar-refractivity contribution in [2.24, 2.45) is 11.6 Å². The summed E-state index contributed by atoms with van der Waals surface area (Å²) in [7, 11) is 0. The molecule has 9 heteroatoms. The number of hydrazine groups is 1. The lowest BCUT2D eigenvalue weighted by atomic mass is 9.86. The molecule has 3 rings (SSSR count). The summed E-state index contributed by atoms with van der Waals surface area (Å²) >= 11 is 0. The van der Waals surface area contributed by atoms with Crippen molar-refractivity contribution in [3.05, 3.63) is 88.9 Å². The Balaban J connectivity index is 1.96. The van der Waals surface area contributed by atoms with Crippen LogP contribution in [0.15, 0.2) is 54.9 Å². The van der Waals surface area contributed by atoms with Gasteiger partial charge in [-0.05, 0) is 79.3 Å². The zero-order chi connectivity index (χ0) is 27.2. The molecule has 0 aliphatic carbocycles. The summed E-state index contributed by atoms with van der Waals surface area (Å²) in [5.74, 6) is 5.04. The van der Waals surface area contributed by atoms with Crippen LogP contribution in [0.3, 0.4) is 0 Å². The van der Waals surface area contributed by atoms with E-state index in [1.165, 1.54) is 30.1 Å². The second kappa shape index (κ2) is 12.0. The highest BCUT2D eigenvalue weighted by Crippen LogP contribution is 2.37. The van der Waals surface area contributed by atoms with E-state index in [1.807, 2.05) is 26.0 Å². The number of nitrogens with zero attached hydrogens (tertiary/aromatic N) is 3. The van der Waals surface area contributed by atoms with Crippen LogP contribution in [0.2, 0.25) is 0 Å². The van der Waals surface area contributed by atoms with Gasteiger partial charge in [0.2, 0.25) is 5.95 Å². The van der Waals surface area contributed by atoms with Gasteiger partial charge in [-0.1, -0.05) is 30.3 Å². The number of rotatable bonds is 10. The third-order valence-electron chi connectivity index (χ3n) is 6.08. The Morgan fingerprint density at radius 3 is 2.65 bits per heavy atom. The molecular formula is C28H33F3N6. The number of aromatic nitrogens is 2. The lowest BCUT2D eigenvalue weighted by Gasteiger charge is -2.23. The van der Waals surface area contributed by atoms with E-state index in [9.17, 15) is 8.78 Å². The van der Waals surface area contributed by atoms with Gasteiger partial charge >= 0.3 is 0 Å². The summed E-state index contributed by atoms with van der Waals surface area (Å²) in [5, 5.41) is 4.56. The Morgan fingerprint density at radius 2 is 1.95 bits per heavy atom. The standard InChI is InChI=1S/C28H33F3N6/c1-5-12-37(33)13-11-34-27-35-16-25(30)26(36-27)18(2)14-20-7-6-8-22(19(20)3)23-15-21(29)9-10-24(23)28(4,31)17-32/h5-10,12,14-16H,11,13,17,32-33H2,1-4H3,(H,34,35,36)/b12-5-,18-14+. The van der Waals surface area contributed by atoms with Crippen molar-refractivity contribution in [3.63, 3.8) is 0 Å². The zero-order valence-electron chi connectivity index (χ0n) is 21.5. The van der Waals surface area contributed by atoms with E-state index in [1.54, 1.807) is 31.3 Å². The molecule has 1 atom stereocenters. The quantitative estimate of drug-likeness (QED) is 0.244. The number of allylic oxidation sites excluding steroid dienone is 2. The van der Waals surface area contributed by atoms with Gasteiger partial charge in [-0.2, -0.15) is 0 Å². The lowest BCUT2D eigenvalue weighted by Crippen LogP contribution is -2.30. The Hall–Kier alpha value is -3.69. The molecule has 0 amide bonds. The molecule has 0 radical (unpaired) electrons. The number of hydrogen-bond acceptors (Lipinski definition) is 6. The van der Waals surface area contributed by atoms with E-state index >= 15 is 4.39 Å². The lowest BCUT2D eigenvalue weighted by molar-refractivity contribution is 0.204. The first-order chi connectivity index (χ1) is 17.6. The van der Waals surface area contributed by atoms with Crippen molar-refractivity contribution < 1.29 is 13.2 Å². The Morgan fingerprint density at radius 1 is 1.19 bits per heavy atom. The fourth-order valence-electron chi connectivity index (χ4n) is 4.00. The van der Waals surface area contributed by atoms with Gasteiger partial charge in [0, 0.05) is 19.3 Å². The van der Waals surface area contributed by atoms with E-state index in [0.717, 1.165) is 17.3 Å². The minimum Gasteiger partial charge on any atom is -0.352 e. The zero-order valence-corrected chi connectivity index (χ0v) is 21.5.